The number of aliphatic imine (C=N–C) groups is 1. The normalized spacial score (nSPS) is 12.1. The SMILES string of the molecule is CC(NC(N)=NCCNC(=O)c1ccccc1Cl)c1ccc(Cl)cc1Cl.I. The van der Waals surface area contributed by atoms with E-state index in [1.807, 2.05) is 13.0 Å². The monoisotopic (exact) mass is 540 g/mol. The van der Waals surface area contributed by atoms with Crippen LogP contribution in [0.1, 0.15) is 28.9 Å². The summed E-state index contributed by atoms with van der Waals surface area (Å²) in [5.41, 5.74) is 7.17. The number of hydrogen-bond acceptors (Lipinski definition) is 2. The Hall–Kier alpha value is -1.22. The van der Waals surface area contributed by atoms with Crippen molar-refractivity contribution in [2.75, 3.05) is 13.1 Å². The highest BCUT2D eigenvalue weighted by Gasteiger charge is 2.11. The summed E-state index contributed by atoms with van der Waals surface area (Å²) in [5.74, 6) is 0.00848. The third-order valence-corrected chi connectivity index (χ3v) is 4.48. The van der Waals surface area contributed by atoms with Gasteiger partial charge in [0, 0.05) is 16.6 Å². The number of rotatable bonds is 6. The molecular weight excluding hydrogens is 521 g/mol. The molecule has 2 aromatic carbocycles. The van der Waals surface area contributed by atoms with Crippen molar-refractivity contribution in [1.29, 1.82) is 0 Å². The van der Waals surface area contributed by atoms with Crippen LogP contribution < -0.4 is 16.4 Å². The number of nitrogens with two attached hydrogens (primary N) is 1. The van der Waals surface area contributed by atoms with Crippen LogP contribution in [-0.2, 0) is 0 Å². The fourth-order valence-corrected chi connectivity index (χ4v) is 3.08. The molecule has 2 aromatic rings. The third kappa shape index (κ3) is 7.37. The van der Waals surface area contributed by atoms with Gasteiger partial charge in [0.2, 0.25) is 0 Å². The van der Waals surface area contributed by atoms with Gasteiger partial charge in [-0.3, -0.25) is 9.79 Å². The van der Waals surface area contributed by atoms with Crippen LogP contribution in [0, 0.1) is 0 Å². The summed E-state index contributed by atoms with van der Waals surface area (Å²) in [6, 6.07) is 12.0. The number of nitrogens with one attached hydrogen (secondary N) is 2. The fourth-order valence-electron chi connectivity index (χ4n) is 2.28. The van der Waals surface area contributed by atoms with Crippen molar-refractivity contribution in [3.8, 4) is 0 Å². The van der Waals surface area contributed by atoms with E-state index in [9.17, 15) is 4.79 Å². The lowest BCUT2D eigenvalue weighted by molar-refractivity contribution is 0.0955. The maximum atomic E-state index is 12.0. The number of nitrogens with zero attached hydrogens (tertiary/aromatic N) is 1. The van der Waals surface area contributed by atoms with Crippen LogP contribution in [0.5, 0.6) is 0 Å². The lowest BCUT2D eigenvalue weighted by Gasteiger charge is -2.16. The summed E-state index contributed by atoms with van der Waals surface area (Å²) in [7, 11) is 0. The lowest BCUT2D eigenvalue weighted by Crippen LogP contribution is -2.35. The molecule has 1 unspecified atom stereocenters. The van der Waals surface area contributed by atoms with E-state index in [1.165, 1.54) is 0 Å². The molecule has 0 aromatic heterocycles. The van der Waals surface area contributed by atoms with Crippen molar-refractivity contribution < 1.29 is 4.79 Å². The van der Waals surface area contributed by atoms with Crippen LogP contribution >= 0.6 is 58.8 Å². The number of carbonyl (C=O) groups excluding carboxylic acids is 1. The Kier molecular flexibility index (Phi) is 10.2. The fraction of sp³-hybridized carbons (Fsp3) is 0.222. The Morgan fingerprint density at radius 2 is 1.85 bits per heavy atom. The van der Waals surface area contributed by atoms with E-state index in [2.05, 4.69) is 15.6 Å². The van der Waals surface area contributed by atoms with E-state index in [1.54, 1.807) is 36.4 Å². The second-order valence-corrected chi connectivity index (χ2v) is 6.79. The molecule has 5 nitrogen and oxygen atoms in total. The van der Waals surface area contributed by atoms with Crippen LogP contribution in [-0.4, -0.2) is 25.0 Å². The number of carbonyl (C=O) groups is 1. The number of amides is 1. The molecule has 2 rings (SSSR count). The molecule has 0 radical (unpaired) electrons. The number of halogens is 4. The maximum absolute atomic E-state index is 12.0. The summed E-state index contributed by atoms with van der Waals surface area (Å²) < 4.78 is 0. The van der Waals surface area contributed by atoms with Gasteiger partial charge in [-0.25, -0.2) is 0 Å². The molecule has 1 atom stereocenters. The molecule has 9 heteroatoms. The van der Waals surface area contributed by atoms with Crippen molar-refractivity contribution >= 4 is 70.6 Å². The van der Waals surface area contributed by atoms with Crippen LogP contribution in [0.25, 0.3) is 0 Å². The molecule has 0 aliphatic rings. The van der Waals surface area contributed by atoms with Gasteiger partial charge >= 0.3 is 0 Å². The van der Waals surface area contributed by atoms with Crippen LogP contribution in [0.2, 0.25) is 15.1 Å². The van der Waals surface area contributed by atoms with Gasteiger partial charge in [-0.2, -0.15) is 0 Å². The van der Waals surface area contributed by atoms with Crippen LogP contribution in [0.15, 0.2) is 47.5 Å². The Balaban J connectivity index is 0.00000364. The average Bonchev–Trinajstić information content (AvgIpc) is 2.58. The van der Waals surface area contributed by atoms with Gasteiger partial charge in [0.25, 0.3) is 5.91 Å². The average molecular weight is 542 g/mol. The zero-order chi connectivity index (χ0) is 19.1. The molecule has 0 heterocycles. The Bertz CT molecular complexity index is 817. The highest BCUT2D eigenvalue weighted by molar-refractivity contribution is 14.0. The zero-order valence-corrected chi connectivity index (χ0v) is 19.1. The molecule has 4 N–H and O–H groups in total. The quantitative estimate of drug-likeness (QED) is 0.215. The molecule has 146 valence electrons. The lowest BCUT2D eigenvalue weighted by atomic mass is 10.1. The number of benzene rings is 2. The molecule has 0 aliphatic heterocycles. The van der Waals surface area contributed by atoms with E-state index >= 15 is 0 Å². The summed E-state index contributed by atoms with van der Waals surface area (Å²) in [6.07, 6.45) is 0. The number of hydrogen-bond donors (Lipinski definition) is 3. The molecule has 0 saturated heterocycles. The van der Waals surface area contributed by atoms with Gasteiger partial charge in [-0.15, -0.1) is 24.0 Å². The summed E-state index contributed by atoms with van der Waals surface area (Å²) in [6.45, 7) is 2.58. The minimum Gasteiger partial charge on any atom is -0.370 e. The van der Waals surface area contributed by atoms with Crippen LogP contribution in [0.4, 0.5) is 0 Å². The largest absolute Gasteiger partial charge is 0.370 e. The first-order valence-corrected chi connectivity index (χ1v) is 9.06. The summed E-state index contributed by atoms with van der Waals surface area (Å²) in [4.78, 5) is 16.2. The second-order valence-electron chi connectivity index (χ2n) is 5.53. The zero-order valence-electron chi connectivity index (χ0n) is 14.5. The van der Waals surface area contributed by atoms with E-state index < -0.39 is 0 Å². The van der Waals surface area contributed by atoms with Gasteiger partial charge in [-0.05, 0) is 36.8 Å². The Morgan fingerprint density at radius 3 is 2.52 bits per heavy atom. The molecular formula is C18H20Cl3IN4O. The molecule has 1 amide bonds. The smallest absolute Gasteiger partial charge is 0.252 e. The first-order chi connectivity index (χ1) is 12.4. The second kappa shape index (κ2) is 11.6. The van der Waals surface area contributed by atoms with Gasteiger partial charge in [0.15, 0.2) is 5.96 Å². The first kappa shape index (κ1) is 23.8. The van der Waals surface area contributed by atoms with Gasteiger partial charge in [0.1, 0.15) is 0 Å². The standard InChI is InChI=1S/C18H19Cl3N4O.HI/c1-11(13-7-6-12(19)10-16(13)21)25-18(22)24-9-8-23-17(26)14-4-2-3-5-15(14)20;/h2-7,10-11H,8-9H2,1H3,(H,23,26)(H3,22,24,25);1H. The van der Waals surface area contributed by atoms with Crippen LogP contribution in [0.3, 0.4) is 0 Å². The molecule has 27 heavy (non-hydrogen) atoms. The van der Waals surface area contributed by atoms with Gasteiger partial charge in [0.05, 0.1) is 23.2 Å². The highest BCUT2D eigenvalue weighted by Crippen LogP contribution is 2.25. The van der Waals surface area contributed by atoms with E-state index in [-0.39, 0.29) is 41.9 Å². The highest BCUT2D eigenvalue weighted by atomic mass is 127. The molecule has 0 saturated carbocycles. The number of guanidine groups is 1. The Labute approximate surface area is 190 Å². The van der Waals surface area contributed by atoms with Crippen molar-refractivity contribution in [3.63, 3.8) is 0 Å². The van der Waals surface area contributed by atoms with Gasteiger partial charge in [-0.1, -0.05) is 53.0 Å². The van der Waals surface area contributed by atoms with E-state index in [0.717, 1.165) is 5.56 Å². The third-order valence-electron chi connectivity index (χ3n) is 3.59. The van der Waals surface area contributed by atoms with Crippen molar-refractivity contribution in [2.24, 2.45) is 10.7 Å². The molecule has 0 bridgehead atoms. The minimum atomic E-state index is -0.251. The van der Waals surface area contributed by atoms with Gasteiger partial charge < -0.3 is 16.4 Å². The van der Waals surface area contributed by atoms with E-state index in [0.29, 0.717) is 33.7 Å². The topological polar surface area (TPSA) is 79.5 Å². The van der Waals surface area contributed by atoms with E-state index in [4.69, 9.17) is 40.5 Å². The molecule has 0 fully saturated rings. The first-order valence-electron chi connectivity index (χ1n) is 7.92. The maximum Gasteiger partial charge on any atom is 0.252 e. The summed E-state index contributed by atoms with van der Waals surface area (Å²) >= 11 is 18.1. The van der Waals surface area contributed by atoms with Crippen molar-refractivity contribution in [1.82, 2.24) is 10.6 Å². The molecule has 0 spiro atoms. The minimum absolute atomic E-state index is 0. The Morgan fingerprint density at radius 1 is 1.15 bits per heavy atom. The predicted molar refractivity (Wildman–Crippen MR) is 124 cm³/mol. The van der Waals surface area contributed by atoms with Crippen molar-refractivity contribution in [3.05, 3.63) is 68.7 Å². The van der Waals surface area contributed by atoms with Crippen molar-refractivity contribution in [2.45, 2.75) is 13.0 Å². The summed E-state index contributed by atoms with van der Waals surface area (Å²) in [5, 5.41) is 7.33. The predicted octanol–water partition coefficient (Wildman–Crippen LogP) is 4.66. The molecule has 0 aliphatic carbocycles.